The van der Waals surface area contributed by atoms with Crippen LogP contribution in [0.15, 0.2) is 35.8 Å². The van der Waals surface area contributed by atoms with E-state index in [1.54, 1.807) is 4.68 Å². The molecule has 1 aromatic carbocycles. The van der Waals surface area contributed by atoms with E-state index in [0.717, 1.165) is 5.56 Å². The second-order valence-electron chi connectivity index (χ2n) is 5.20. The SMILES string of the molecule is COC(=O)C1=C(C)Nc2ncnn2[C@@H]1c1ccc2c(c1)OCO2. The number of benzene rings is 1. The van der Waals surface area contributed by atoms with Crippen LogP contribution in [0, 0.1) is 0 Å². The lowest BCUT2D eigenvalue weighted by molar-refractivity contribution is -0.136. The van der Waals surface area contributed by atoms with Gasteiger partial charge >= 0.3 is 5.97 Å². The highest BCUT2D eigenvalue weighted by Crippen LogP contribution is 2.40. The maximum Gasteiger partial charge on any atom is 0.338 e. The summed E-state index contributed by atoms with van der Waals surface area (Å²) in [5.41, 5.74) is 1.99. The van der Waals surface area contributed by atoms with Gasteiger partial charge in [0, 0.05) is 5.70 Å². The molecular weight excluding hydrogens is 300 g/mol. The summed E-state index contributed by atoms with van der Waals surface area (Å²) in [6, 6.07) is 5.10. The van der Waals surface area contributed by atoms with Gasteiger partial charge in [-0.2, -0.15) is 10.1 Å². The van der Waals surface area contributed by atoms with Gasteiger partial charge in [0.25, 0.3) is 0 Å². The number of hydrogen-bond donors (Lipinski definition) is 1. The molecule has 8 heteroatoms. The normalized spacial score (nSPS) is 18.4. The van der Waals surface area contributed by atoms with Gasteiger partial charge in [-0.1, -0.05) is 6.07 Å². The zero-order chi connectivity index (χ0) is 16.0. The minimum absolute atomic E-state index is 0.193. The van der Waals surface area contributed by atoms with Gasteiger partial charge in [0.1, 0.15) is 12.4 Å². The fourth-order valence-corrected chi connectivity index (χ4v) is 2.86. The Kier molecular flexibility index (Phi) is 2.97. The highest BCUT2D eigenvalue weighted by Gasteiger charge is 2.34. The second-order valence-corrected chi connectivity index (χ2v) is 5.20. The summed E-state index contributed by atoms with van der Waals surface area (Å²) < 4.78 is 17.4. The molecule has 0 bridgehead atoms. The summed E-state index contributed by atoms with van der Waals surface area (Å²) in [5, 5.41) is 7.31. The van der Waals surface area contributed by atoms with Crippen molar-refractivity contribution >= 4 is 11.9 Å². The lowest BCUT2D eigenvalue weighted by Crippen LogP contribution is -2.29. The van der Waals surface area contributed by atoms with E-state index in [1.165, 1.54) is 13.4 Å². The molecule has 23 heavy (non-hydrogen) atoms. The van der Waals surface area contributed by atoms with Crippen LogP contribution in [0.25, 0.3) is 0 Å². The summed E-state index contributed by atoms with van der Waals surface area (Å²) in [5.74, 6) is 1.48. The van der Waals surface area contributed by atoms with E-state index < -0.39 is 12.0 Å². The van der Waals surface area contributed by atoms with Crippen molar-refractivity contribution in [2.45, 2.75) is 13.0 Å². The Labute approximate surface area is 131 Å². The molecular formula is C15H14N4O4. The maximum atomic E-state index is 12.3. The van der Waals surface area contributed by atoms with Crippen molar-refractivity contribution < 1.29 is 19.0 Å². The van der Waals surface area contributed by atoms with Crippen molar-refractivity contribution in [2.75, 3.05) is 19.2 Å². The number of esters is 1. The fourth-order valence-electron chi connectivity index (χ4n) is 2.86. The van der Waals surface area contributed by atoms with Gasteiger partial charge in [-0.05, 0) is 24.6 Å². The highest BCUT2D eigenvalue weighted by atomic mass is 16.7. The van der Waals surface area contributed by atoms with Crippen molar-refractivity contribution in [3.05, 3.63) is 41.4 Å². The summed E-state index contributed by atoms with van der Waals surface area (Å²) in [6.07, 6.45) is 1.44. The zero-order valence-corrected chi connectivity index (χ0v) is 12.6. The molecule has 1 N–H and O–H groups in total. The Morgan fingerprint density at radius 3 is 3.04 bits per heavy atom. The third-order valence-corrected chi connectivity index (χ3v) is 3.91. The van der Waals surface area contributed by atoms with Gasteiger partial charge in [0.05, 0.1) is 12.7 Å². The number of fused-ring (bicyclic) bond motifs is 2. The number of hydrogen-bond acceptors (Lipinski definition) is 7. The lowest BCUT2D eigenvalue weighted by atomic mass is 9.95. The number of allylic oxidation sites excluding steroid dienone is 1. The van der Waals surface area contributed by atoms with E-state index in [-0.39, 0.29) is 6.79 Å². The number of aromatic nitrogens is 3. The van der Waals surface area contributed by atoms with E-state index in [0.29, 0.717) is 28.7 Å². The molecule has 2 aliphatic rings. The number of rotatable bonds is 2. The van der Waals surface area contributed by atoms with Crippen molar-refractivity contribution in [2.24, 2.45) is 0 Å². The second kappa shape index (κ2) is 5.01. The molecule has 1 atom stereocenters. The standard InChI is InChI=1S/C15H14N4O4/c1-8-12(14(20)21-2)13(19-15(18-8)16-6-17-19)9-3-4-10-11(5-9)23-7-22-10/h3-6,13H,7H2,1-2H3,(H,16,17,18)/t13-/m1/s1. The first-order valence-electron chi connectivity index (χ1n) is 7.04. The third-order valence-electron chi connectivity index (χ3n) is 3.91. The van der Waals surface area contributed by atoms with Gasteiger partial charge in [-0.25, -0.2) is 9.48 Å². The number of anilines is 1. The van der Waals surface area contributed by atoms with Gasteiger partial charge in [0.2, 0.25) is 12.7 Å². The summed E-state index contributed by atoms with van der Waals surface area (Å²) in [4.78, 5) is 16.5. The molecule has 2 aliphatic heterocycles. The van der Waals surface area contributed by atoms with Crippen molar-refractivity contribution in [3.8, 4) is 11.5 Å². The molecule has 0 saturated carbocycles. The topological polar surface area (TPSA) is 87.5 Å². The maximum absolute atomic E-state index is 12.3. The van der Waals surface area contributed by atoms with Crippen LogP contribution in [-0.4, -0.2) is 34.6 Å². The molecule has 0 unspecified atom stereocenters. The number of ether oxygens (including phenoxy) is 3. The van der Waals surface area contributed by atoms with Crippen LogP contribution < -0.4 is 14.8 Å². The Morgan fingerprint density at radius 2 is 2.22 bits per heavy atom. The first-order valence-corrected chi connectivity index (χ1v) is 7.04. The molecule has 0 radical (unpaired) electrons. The number of carbonyl (C=O) groups excluding carboxylic acids is 1. The number of nitrogens with zero attached hydrogens (tertiary/aromatic N) is 3. The Balaban J connectivity index is 1.88. The van der Waals surface area contributed by atoms with Crippen LogP contribution in [0.4, 0.5) is 5.95 Å². The first-order chi connectivity index (χ1) is 11.2. The van der Waals surface area contributed by atoms with E-state index >= 15 is 0 Å². The highest BCUT2D eigenvalue weighted by molar-refractivity contribution is 5.92. The molecule has 2 aromatic rings. The molecule has 1 aromatic heterocycles. The van der Waals surface area contributed by atoms with E-state index in [1.807, 2.05) is 25.1 Å². The zero-order valence-electron chi connectivity index (χ0n) is 12.6. The van der Waals surface area contributed by atoms with Crippen LogP contribution in [0.2, 0.25) is 0 Å². The van der Waals surface area contributed by atoms with Crippen LogP contribution in [0.3, 0.4) is 0 Å². The summed E-state index contributed by atoms with van der Waals surface area (Å²) >= 11 is 0. The quantitative estimate of drug-likeness (QED) is 0.840. The van der Waals surface area contributed by atoms with E-state index in [9.17, 15) is 4.79 Å². The van der Waals surface area contributed by atoms with Crippen LogP contribution in [-0.2, 0) is 9.53 Å². The largest absolute Gasteiger partial charge is 0.466 e. The molecule has 4 rings (SSSR count). The monoisotopic (exact) mass is 314 g/mol. The Morgan fingerprint density at radius 1 is 1.39 bits per heavy atom. The minimum atomic E-state index is -0.448. The van der Waals surface area contributed by atoms with Crippen LogP contribution in [0.5, 0.6) is 11.5 Å². The molecule has 0 fully saturated rings. The van der Waals surface area contributed by atoms with Gasteiger partial charge in [0.15, 0.2) is 11.5 Å². The molecule has 0 amide bonds. The number of methoxy groups -OCH3 is 1. The minimum Gasteiger partial charge on any atom is -0.466 e. The van der Waals surface area contributed by atoms with Crippen LogP contribution in [0.1, 0.15) is 18.5 Å². The molecule has 0 saturated heterocycles. The summed E-state index contributed by atoms with van der Waals surface area (Å²) in [6.45, 7) is 2.00. The predicted molar refractivity (Wildman–Crippen MR) is 79.1 cm³/mol. The molecule has 0 aliphatic carbocycles. The third kappa shape index (κ3) is 2.02. The van der Waals surface area contributed by atoms with Crippen molar-refractivity contribution in [1.82, 2.24) is 14.8 Å². The smallest absolute Gasteiger partial charge is 0.338 e. The molecule has 8 nitrogen and oxygen atoms in total. The molecule has 3 heterocycles. The van der Waals surface area contributed by atoms with Gasteiger partial charge in [-0.3, -0.25) is 0 Å². The lowest BCUT2D eigenvalue weighted by Gasteiger charge is -2.27. The predicted octanol–water partition coefficient (Wildman–Crippen LogP) is 1.47. The fraction of sp³-hybridized carbons (Fsp3) is 0.267. The van der Waals surface area contributed by atoms with E-state index in [4.69, 9.17) is 14.2 Å². The Hall–Kier alpha value is -3.03. The average Bonchev–Trinajstić information content (AvgIpc) is 3.20. The molecule has 118 valence electrons. The summed E-state index contributed by atoms with van der Waals surface area (Å²) in [7, 11) is 1.36. The number of carbonyl (C=O) groups is 1. The van der Waals surface area contributed by atoms with Crippen LogP contribution >= 0.6 is 0 Å². The first kappa shape index (κ1) is 13.6. The van der Waals surface area contributed by atoms with Crippen molar-refractivity contribution in [3.63, 3.8) is 0 Å². The van der Waals surface area contributed by atoms with Gasteiger partial charge in [-0.15, -0.1) is 0 Å². The molecule has 0 spiro atoms. The average molecular weight is 314 g/mol. The van der Waals surface area contributed by atoms with E-state index in [2.05, 4.69) is 15.4 Å². The van der Waals surface area contributed by atoms with Gasteiger partial charge < -0.3 is 19.5 Å². The Bertz CT molecular complexity index is 827. The van der Waals surface area contributed by atoms with Crippen molar-refractivity contribution in [1.29, 1.82) is 0 Å². The number of nitrogens with one attached hydrogen (secondary N) is 1.